The van der Waals surface area contributed by atoms with Crippen LogP contribution in [0.2, 0.25) is 0 Å². The van der Waals surface area contributed by atoms with Gasteiger partial charge in [-0.2, -0.15) is 13.2 Å². The molecule has 1 amide bonds. The molecule has 0 bridgehead atoms. The van der Waals surface area contributed by atoms with Crippen LogP contribution in [0.25, 0.3) is 0 Å². The zero-order valence-electron chi connectivity index (χ0n) is 22.2. The fourth-order valence-electron chi connectivity index (χ4n) is 5.12. The van der Waals surface area contributed by atoms with Crippen molar-refractivity contribution in [3.63, 3.8) is 0 Å². The van der Waals surface area contributed by atoms with E-state index >= 15 is 0 Å². The predicted octanol–water partition coefficient (Wildman–Crippen LogP) is 4.01. The molecule has 3 aliphatic rings. The highest BCUT2D eigenvalue weighted by Crippen LogP contribution is 2.28. The van der Waals surface area contributed by atoms with Crippen LogP contribution < -0.4 is 15.5 Å². The van der Waals surface area contributed by atoms with Gasteiger partial charge in [0.1, 0.15) is 5.82 Å². The van der Waals surface area contributed by atoms with Gasteiger partial charge in [-0.15, -0.1) is 0 Å². The van der Waals surface area contributed by atoms with Crippen molar-refractivity contribution in [1.29, 1.82) is 0 Å². The molecule has 6 nitrogen and oxygen atoms in total. The second kappa shape index (κ2) is 11.4. The van der Waals surface area contributed by atoms with Crippen LogP contribution in [0, 0.1) is 0 Å². The van der Waals surface area contributed by atoms with Gasteiger partial charge in [-0.05, 0) is 48.1 Å². The maximum Gasteiger partial charge on any atom is 0.414 e. The number of nitrogens with zero attached hydrogens (tertiary/aromatic N) is 3. The summed E-state index contributed by atoms with van der Waals surface area (Å²) in [6, 6.07) is 8.99. The van der Waals surface area contributed by atoms with Crippen LogP contribution in [0.4, 0.5) is 18.9 Å². The number of hydrogen-bond acceptors (Lipinski definition) is 5. The first-order valence-corrected chi connectivity index (χ1v) is 13.3. The number of anilines is 1. The molecule has 2 saturated heterocycles. The van der Waals surface area contributed by atoms with E-state index in [4.69, 9.17) is 0 Å². The number of dihydropyridines is 1. The van der Waals surface area contributed by atoms with Gasteiger partial charge in [0.15, 0.2) is 0 Å². The maximum atomic E-state index is 12.8. The molecule has 0 atom stereocenters. The average Bonchev–Trinajstić information content (AvgIpc) is 2.87. The van der Waals surface area contributed by atoms with Crippen LogP contribution in [0.1, 0.15) is 45.6 Å². The zero-order chi connectivity index (χ0) is 26.6. The van der Waals surface area contributed by atoms with Gasteiger partial charge in [-0.25, -0.2) is 0 Å². The third kappa shape index (κ3) is 7.43. The Morgan fingerprint density at radius 3 is 2.14 bits per heavy atom. The third-order valence-electron chi connectivity index (χ3n) is 7.59. The summed E-state index contributed by atoms with van der Waals surface area (Å²) in [5, 5.41) is 6.04. The number of likely N-dealkylation sites (tertiary alicyclic amines) is 1. The molecule has 9 heteroatoms. The van der Waals surface area contributed by atoms with Gasteiger partial charge < -0.3 is 20.4 Å². The van der Waals surface area contributed by atoms with E-state index in [1.807, 2.05) is 0 Å². The predicted molar refractivity (Wildman–Crippen MR) is 141 cm³/mol. The van der Waals surface area contributed by atoms with Gasteiger partial charge in [0.2, 0.25) is 5.91 Å². The molecule has 2 fully saturated rings. The van der Waals surface area contributed by atoms with E-state index in [2.05, 4.69) is 70.4 Å². The summed E-state index contributed by atoms with van der Waals surface area (Å²) in [5.41, 5.74) is 2.19. The summed E-state index contributed by atoms with van der Waals surface area (Å²) >= 11 is 0. The third-order valence-corrected chi connectivity index (χ3v) is 7.59. The molecule has 0 radical (unpaired) electrons. The topological polar surface area (TPSA) is 50.9 Å². The Bertz CT molecular complexity index is 981. The Balaban J connectivity index is 1.14. The summed E-state index contributed by atoms with van der Waals surface area (Å²) < 4.78 is 38.4. The van der Waals surface area contributed by atoms with E-state index in [0.717, 1.165) is 57.5 Å². The van der Waals surface area contributed by atoms with Crippen molar-refractivity contribution in [1.82, 2.24) is 20.4 Å². The van der Waals surface area contributed by atoms with Crippen molar-refractivity contribution in [2.24, 2.45) is 0 Å². The van der Waals surface area contributed by atoms with Crippen molar-refractivity contribution in [3.05, 3.63) is 53.4 Å². The monoisotopic (exact) mass is 519 g/mol. The molecular weight excluding hydrogens is 479 g/mol. The fraction of sp³-hybridized carbons (Fsp3) is 0.607. The molecule has 0 saturated carbocycles. The first-order chi connectivity index (χ1) is 17.5. The minimum absolute atomic E-state index is 0.0754. The lowest BCUT2D eigenvalue weighted by molar-refractivity contribution is -0.122. The Morgan fingerprint density at radius 2 is 1.59 bits per heavy atom. The molecule has 0 spiro atoms. The normalized spacial score (nSPS) is 20.3. The van der Waals surface area contributed by atoms with Crippen molar-refractivity contribution < 1.29 is 18.0 Å². The van der Waals surface area contributed by atoms with E-state index in [9.17, 15) is 18.0 Å². The van der Waals surface area contributed by atoms with Crippen LogP contribution in [0.3, 0.4) is 0 Å². The molecule has 4 rings (SSSR count). The van der Waals surface area contributed by atoms with Gasteiger partial charge in [-0.3, -0.25) is 9.69 Å². The van der Waals surface area contributed by atoms with Crippen LogP contribution in [0.5, 0.6) is 0 Å². The number of carbonyl (C=O) groups is 1. The Hall–Kier alpha value is -2.68. The second-order valence-electron chi connectivity index (χ2n) is 11.3. The van der Waals surface area contributed by atoms with Crippen LogP contribution in [0.15, 0.2) is 47.8 Å². The highest BCUT2D eigenvalue weighted by Gasteiger charge is 2.34. The Morgan fingerprint density at radius 1 is 0.946 bits per heavy atom. The molecule has 1 aromatic rings. The molecule has 0 aromatic heterocycles. The summed E-state index contributed by atoms with van der Waals surface area (Å²) in [5.74, 6) is 0.800. The minimum Gasteiger partial charge on any atom is -0.369 e. The van der Waals surface area contributed by atoms with Crippen molar-refractivity contribution in [3.8, 4) is 0 Å². The number of hydrogen-bond donors (Lipinski definition) is 2. The zero-order valence-corrected chi connectivity index (χ0v) is 22.2. The number of carbonyl (C=O) groups excluding carboxylic acids is 1. The summed E-state index contributed by atoms with van der Waals surface area (Å²) in [6.07, 6.45) is 0.422. The average molecular weight is 520 g/mol. The number of nitrogens with one attached hydrogen (secondary N) is 2. The number of rotatable bonds is 6. The number of allylic oxidation sites excluding steroid dienone is 2. The van der Waals surface area contributed by atoms with Crippen LogP contribution in [-0.2, 0) is 10.2 Å². The Kier molecular flexibility index (Phi) is 8.41. The van der Waals surface area contributed by atoms with Gasteiger partial charge >= 0.3 is 6.18 Å². The summed E-state index contributed by atoms with van der Waals surface area (Å²) in [6.45, 7) is 12.4. The quantitative estimate of drug-likeness (QED) is 0.595. The first-order valence-electron chi connectivity index (χ1n) is 13.3. The summed E-state index contributed by atoms with van der Waals surface area (Å²) in [7, 11) is 0. The minimum atomic E-state index is -4.29. The van der Waals surface area contributed by atoms with E-state index in [-0.39, 0.29) is 23.9 Å². The molecule has 2 N–H and O–H groups in total. The van der Waals surface area contributed by atoms with Gasteiger partial charge in [0, 0.05) is 70.5 Å². The lowest BCUT2D eigenvalue weighted by Gasteiger charge is -2.37. The second-order valence-corrected chi connectivity index (χ2v) is 11.3. The fourth-order valence-corrected chi connectivity index (χ4v) is 5.12. The lowest BCUT2D eigenvalue weighted by atomic mass is 9.87. The molecule has 3 heterocycles. The van der Waals surface area contributed by atoms with Crippen molar-refractivity contribution in [2.75, 3.05) is 57.3 Å². The smallest absolute Gasteiger partial charge is 0.369 e. The molecule has 0 unspecified atom stereocenters. The molecule has 0 aliphatic carbocycles. The molecule has 3 aliphatic heterocycles. The molecular formula is C28H40F3N5O. The van der Waals surface area contributed by atoms with Gasteiger partial charge in [0.05, 0.1) is 5.57 Å². The van der Waals surface area contributed by atoms with E-state index in [1.54, 1.807) is 0 Å². The highest BCUT2D eigenvalue weighted by atomic mass is 19.4. The summed E-state index contributed by atoms with van der Waals surface area (Å²) in [4.78, 5) is 19.4. The first kappa shape index (κ1) is 27.4. The standard InChI is InChI=1S/C28H40F3N5O/c1-27(2,3)21-4-7-24(8-5-21)35-18-16-34(17-19-35)13-12-26(37)33-23-10-14-36(15-11-23)25-9-6-22(20-32-25)28(29,30)31/h4-9,23,32H,10-20H2,1-3H3,(H,33,37). The van der Waals surface area contributed by atoms with E-state index in [0.29, 0.717) is 19.5 Å². The van der Waals surface area contributed by atoms with Crippen LogP contribution >= 0.6 is 0 Å². The SMILES string of the molecule is CC(C)(C)c1ccc(N2CCN(CCC(=O)NC3CCN(C4=CC=C(C(F)(F)F)CN4)CC3)CC2)cc1. The highest BCUT2D eigenvalue weighted by molar-refractivity contribution is 5.76. The number of amides is 1. The van der Waals surface area contributed by atoms with Gasteiger partial charge in [-0.1, -0.05) is 32.9 Å². The van der Waals surface area contributed by atoms with E-state index in [1.165, 1.54) is 17.3 Å². The molecule has 1 aromatic carbocycles. The number of piperazine rings is 1. The lowest BCUT2D eigenvalue weighted by Crippen LogP contribution is -2.49. The van der Waals surface area contributed by atoms with Crippen molar-refractivity contribution in [2.45, 2.75) is 57.7 Å². The molecule has 204 valence electrons. The molecule has 37 heavy (non-hydrogen) atoms. The van der Waals surface area contributed by atoms with Crippen LogP contribution in [-0.4, -0.2) is 80.3 Å². The Labute approximate surface area is 218 Å². The van der Waals surface area contributed by atoms with Crippen molar-refractivity contribution >= 4 is 11.6 Å². The van der Waals surface area contributed by atoms with Gasteiger partial charge in [0.25, 0.3) is 0 Å². The number of piperidine rings is 1. The number of benzene rings is 1. The largest absolute Gasteiger partial charge is 0.414 e. The maximum absolute atomic E-state index is 12.8. The number of halogens is 3. The number of alkyl halides is 3. The van der Waals surface area contributed by atoms with E-state index < -0.39 is 11.7 Å².